The number of likely N-dealkylation sites (tertiary alicyclic amines) is 1. The van der Waals surface area contributed by atoms with Crippen LogP contribution in [-0.2, 0) is 4.79 Å². The third kappa shape index (κ3) is 2.82. The standard InChI is InChI=1S/C14H25NO2/c1-2-3-7-13(16)15-10-9-14(17)8-5-4-6-12(14)11-15/h12,17H,2-11H2,1H3. The summed E-state index contributed by atoms with van der Waals surface area (Å²) in [6.45, 7) is 3.66. The van der Waals surface area contributed by atoms with Crippen molar-refractivity contribution in [1.29, 1.82) is 0 Å². The third-order valence-corrected chi connectivity index (χ3v) is 4.52. The van der Waals surface area contributed by atoms with Crippen LogP contribution < -0.4 is 0 Å². The molecule has 1 amide bonds. The van der Waals surface area contributed by atoms with Crippen molar-refractivity contribution in [2.24, 2.45) is 5.92 Å². The fourth-order valence-electron chi connectivity index (χ4n) is 3.28. The molecule has 0 aromatic carbocycles. The lowest BCUT2D eigenvalue weighted by Crippen LogP contribution is -2.54. The van der Waals surface area contributed by atoms with Crippen LogP contribution in [0.4, 0.5) is 0 Å². The first-order chi connectivity index (χ1) is 8.15. The van der Waals surface area contributed by atoms with Crippen LogP contribution >= 0.6 is 0 Å². The van der Waals surface area contributed by atoms with Gasteiger partial charge in [0.2, 0.25) is 5.91 Å². The Balaban J connectivity index is 1.90. The quantitative estimate of drug-likeness (QED) is 0.821. The molecule has 1 aliphatic carbocycles. The molecule has 0 aromatic heterocycles. The number of carbonyl (C=O) groups is 1. The molecule has 0 aromatic rings. The lowest BCUT2D eigenvalue weighted by Gasteiger charge is -2.47. The van der Waals surface area contributed by atoms with Crippen molar-refractivity contribution >= 4 is 5.91 Å². The Hall–Kier alpha value is -0.570. The van der Waals surface area contributed by atoms with Crippen molar-refractivity contribution in [2.45, 2.75) is 63.9 Å². The number of aliphatic hydroxyl groups is 1. The van der Waals surface area contributed by atoms with E-state index in [9.17, 15) is 9.90 Å². The van der Waals surface area contributed by atoms with Crippen LogP contribution in [0.15, 0.2) is 0 Å². The predicted octanol–water partition coefficient (Wildman–Crippen LogP) is 2.33. The second-order valence-electron chi connectivity index (χ2n) is 5.74. The van der Waals surface area contributed by atoms with Gasteiger partial charge in [-0.3, -0.25) is 4.79 Å². The first-order valence-corrected chi connectivity index (χ1v) is 7.16. The van der Waals surface area contributed by atoms with E-state index in [4.69, 9.17) is 0 Å². The molecule has 1 saturated carbocycles. The van der Waals surface area contributed by atoms with Crippen LogP contribution in [0.2, 0.25) is 0 Å². The minimum atomic E-state index is -0.459. The number of nitrogens with zero attached hydrogens (tertiary/aromatic N) is 1. The second kappa shape index (κ2) is 5.38. The maximum absolute atomic E-state index is 12.0. The largest absolute Gasteiger partial charge is 0.389 e. The average molecular weight is 239 g/mol. The van der Waals surface area contributed by atoms with Crippen molar-refractivity contribution in [3.8, 4) is 0 Å². The molecule has 3 nitrogen and oxygen atoms in total. The van der Waals surface area contributed by atoms with Gasteiger partial charge in [0.05, 0.1) is 5.60 Å². The summed E-state index contributed by atoms with van der Waals surface area (Å²) in [6, 6.07) is 0. The Labute approximate surface area is 104 Å². The zero-order chi connectivity index (χ0) is 12.3. The van der Waals surface area contributed by atoms with Gasteiger partial charge >= 0.3 is 0 Å². The van der Waals surface area contributed by atoms with Crippen molar-refractivity contribution in [3.05, 3.63) is 0 Å². The molecular weight excluding hydrogens is 214 g/mol. The number of carbonyl (C=O) groups excluding carboxylic acids is 1. The number of amides is 1. The zero-order valence-corrected chi connectivity index (χ0v) is 11.0. The van der Waals surface area contributed by atoms with Crippen molar-refractivity contribution < 1.29 is 9.90 Å². The van der Waals surface area contributed by atoms with E-state index in [-0.39, 0.29) is 0 Å². The summed E-state index contributed by atoms with van der Waals surface area (Å²) in [5.41, 5.74) is -0.459. The fourth-order valence-corrected chi connectivity index (χ4v) is 3.28. The van der Waals surface area contributed by atoms with Gasteiger partial charge < -0.3 is 10.0 Å². The molecule has 98 valence electrons. The summed E-state index contributed by atoms with van der Waals surface area (Å²) >= 11 is 0. The van der Waals surface area contributed by atoms with Crippen LogP contribution in [0, 0.1) is 5.92 Å². The molecule has 2 unspecified atom stereocenters. The Morgan fingerprint density at radius 2 is 2.24 bits per heavy atom. The Morgan fingerprint density at radius 3 is 3.00 bits per heavy atom. The topological polar surface area (TPSA) is 40.5 Å². The van der Waals surface area contributed by atoms with Gasteiger partial charge in [0.1, 0.15) is 0 Å². The van der Waals surface area contributed by atoms with E-state index in [0.29, 0.717) is 18.2 Å². The molecule has 17 heavy (non-hydrogen) atoms. The van der Waals surface area contributed by atoms with Crippen LogP contribution in [0.5, 0.6) is 0 Å². The highest BCUT2D eigenvalue weighted by Crippen LogP contribution is 2.39. The minimum Gasteiger partial charge on any atom is -0.389 e. The van der Waals surface area contributed by atoms with Crippen LogP contribution in [-0.4, -0.2) is 34.6 Å². The first kappa shape index (κ1) is 12.9. The van der Waals surface area contributed by atoms with E-state index < -0.39 is 5.60 Å². The molecule has 2 aliphatic rings. The molecule has 3 heteroatoms. The van der Waals surface area contributed by atoms with E-state index in [1.54, 1.807) is 0 Å². The molecule has 1 N–H and O–H groups in total. The smallest absolute Gasteiger partial charge is 0.222 e. The average Bonchev–Trinajstić information content (AvgIpc) is 2.34. The van der Waals surface area contributed by atoms with E-state index in [2.05, 4.69) is 6.92 Å². The minimum absolute atomic E-state index is 0.291. The summed E-state index contributed by atoms with van der Waals surface area (Å²) in [4.78, 5) is 14.0. The maximum atomic E-state index is 12.0. The van der Waals surface area contributed by atoms with Crippen LogP contribution in [0.3, 0.4) is 0 Å². The van der Waals surface area contributed by atoms with Crippen LogP contribution in [0.1, 0.15) is 58.3 Å². The summed E-state index contributed by atoms with van der Waals surface area (Å²) in [6.07, 6.45) is 7.93. The number of piperidine rings is 1. The highest BCUT2D eigenvalue weighted by atomic mass is 16.3. The number of fused-ring (bicyclic) bond motifs is 1. The van der Waals surface area contributed by atoms with E-state index in [1.165, 1.54) is 6.42 Å². The molecule has 1 saturated heterocycles. The molecule has 0 radical (unpaired) electrons. The lowest BCUT2D eigenvalue weighted by molar-refractivity contribution is -0.143. The van der Waals surface area contributed by atoms with Gasteiger partial charge in [-0.1, -0.05) is 26.2 Å². The normalized spacial score (nSPS) is 33.3. The SMILES string of the molecule is CCCCC(=O)N1CCC2(O)CCCCC2C1. The molecule has 2 atom stereocenters. The van der Waals surface area contributed by atoms with Crippen molar-refractivity contribution in [2.75, 3.05) is 13.1 Å². The molecule has 1 heterocycles. The summed E-state index contributed by atoms with van der Waals surface area (Å²) < 4.78 is 0. The molecule has 0 spiro atoms. The molecule has 1 aliphatic heterocycles. The van der Waals surface area contributed by atoms with Gasteiger partial charge in [-0.2, -0.15) is 0 Å². The highest BCUT2D eigenvalue weighted by molar-refractivity contribution is 5.76. The molecule has 0 bridgehead atoms. The lowest BCUT2D eigenvalue weighted by atomic mass is 9.71. The highest BCUT2D eigenvalue weighted by Gasteiger charge is 2.43. The van der Waals surface area contributed by atoms with Crippen molar-refractivity contribution in [3.63, 3.8) is 0 Å². The van der Waals surface area contributed by atoms with Gasteiger partial charge in [-0.15, -0.1) is 0 Å². The van der Waals surface area contributed by atoms with Gasteiger partial charge in [-0.05, 0) is 25.7 Å². The van der Waals surface area contributed by atoms with Gasteiger partial charge in [-0.25, -0.2) is 0 Å². The molecule has 2 rings (SSSR count). The predicted molar refractivity (Wildman–Crippen MR) is 67.6 cm³/mol. The van der Waals surface area contributed by atoms with Gasteiger partial charge in [0, 0.05) is 25.4 Å². The van der Waals surface area contributed by atoms with Crippen molar-refractivity contribution in [1.82, 2.24) is 4.90 Å². The third-order valence-electron chi connectivity index (χ3n) is 4.52. The zero-order valence-electron chi connectivity index (χ0n) is 11.0. The Kier molecular flexibility index (Phi) is 4.08. The van der Waals surface area contributed by atoms with Gasteiger partial charge in [0.25, 0.3) is 0 Å². The van der Waals surface area contributed by atoms with E-state index in [1.807, 2.05) is 4.90 Å². The summed E-state index contributed by atoms with van der Waals surface area (Å²) in [5, 5.41) is 10.5. The second-order valence-corrected chi connectivity index (χ2v) is 5.74. The van der Waals surface area contributed by atoms with E-state index >= 15 is 0 Å². The Bertz CT molecular complexity index is 279. The number of hydrogen-bond acceptors (Lipinski definition) is 2. The molecule has 2 fully saturated rings. The number of rotatable bonds is 3. The first-order valence-electron chi connectivity index (χ1n) is 7.16. The number of unbranched alkanes of at least 4 members (excludes halogenated alkanes) is 1. The van der Waals surface area contributed by atoms with E-state index in [0.717, 1.165) is 51.6 Å². The van der Waals surface area contributed by atoms with Gasteiger partial charge in [0.15, 0.2) is 0 Å². The summed E-state index contributed by atoms with van der Waals surface area (Å²) in [5.74, 6) is 0.620. The monoisotopic (exact) mass is 239 g/mol. The Morgan fingerprint density at radius 1 is 1.41 bits per heavy atom. The van der Waals surface area contributed by atoms with Crippen LogP contribution in [0.25, 0.3) is 0 Å². The maximum Gasteiger partial charge on any atom is 0.222 e. The fraction of sp³-hybridized carbons (Fsp3) is 0.929. The molecular formula is C14H25NO2. The summed E-state index contributed by atoms with van der Waals surface area (Å²) in [7, 11) is 0. The number of hydrogen-bond donors (Lipinski definition) is 1.